The van der Waals surface area contributed by atoms with Crippen LogP contribution < -0.4 is 4.90 Å². The van der Waals surface area contributed by atoms with E-state index in [1.165, 1.54) is 22.5 Å². The third-order valence-corrected chi connectivity index (χ3v) is 4.83. The second-order valence-corrected chi connectivity index (χ2v) is 6.01. The molecular weight excluding hydrogens is 1230 g/mol. The van der Waals surface area contributed by atoms with Crippen molar-refractivity contribution in [3.05, 3.63) is 66.1 Å². The van der Waals surface area contributed by atoms with E-state index in [2.05, 4.69) is 63.3 Å². The van der Waals surface area contributed by atoms with Gasteiger partial charge in [-0.3, -0.25) is 0 Å². The van der Waals surface area contributed by atoms with Crippen molar-refractivity contribution in [2.45, 2.75) is 45.6 Å². The molecule has 0 saturated carbocycles. The van der Waals surface area contributed by atoms with E-state index in [-0.39, 0.29) is 360 Å². The first-order chi connectivity index (χ1) is 10.5. The topological polar surface area (TPSA) is 3.24 Å². The van der Waals surface area contributed by atoms with Crippen molar-refractivity contribution in [3.8, 4) is 0 Å². The minimum atomic E-state index is 0. The Morgan fingerprint density at radius 3 is 1.94 bits per heavy atom. The molecule has 1 aliphatic heterocycles. The molecule has 2 aromatic rings. The summed E-state index contributed by atoms with van der Waals surface area (Å²) in [5.74, 6) is 0.841. The number of hydrogen-bond acceptors (Lipinski definition) is 1. The van der Waals surface area contributed by atoms with Crippen LogP contribution in [0, 0.1) is 12.5 Å². The third kappa shape index (κ3) is 19.0. The predicted octanol–water partition coefficient (Wildman–Crippen LogP) is 5.43. The Balaban J connectivity index is -0.0000000748. The minimum Gasteiger partial charge on any atom is -0.361 e. The normalized spacial score (nSPS) is 15.0. The molecule has 2 aromatic carbocycles. The van der Waals surface area contributed by atoms with Crippen molar-refractivity contribution in [2.75, 3.05) is 4.90 Å². The molecule has 0 amide bonds. The maximum atomic E-state index is 7.88. The van der Waals surface area contributed by atoms with E-state index in [4.69, 9.17) is 1.37 Å². The monoisotopic (exact) mass is 1260 g/mol. The number of para-hydroxylation sites is 1. The van der Waals surface area contributed by atoms with Gasteiger partial charge in [0.05, 0.1) is 1.37 Å². The molecule has 0 aliphatic carbocycles. The number of benzene rings is 2. The molecule has 1 nitrogen and oxygen atoms in total. The Hall–Kier alpha value is 10.4. The van der Waals surface area contributed by atoms with Crippen LogP contribution in [0.15, 0.2) is 42.4 Å². The van der Waals surface area contributed by atoms with E-state index < -0.39 is 0 Å². The van der Waals surface area contributed by atoms with Crippen LogP contribution in [0.4, 0.5) is 11.4 Å². The fourth-order valence-electron chi connectivity index (χ4n) is 3.16. The molecule has 0 spiro atoms. The first-order valence-electron chi connectivity index (χ1n) is 8.23. The predicted molar refractivity (Wildman–Crippen MR) is 90.1 cm³/mol. The van der Waals surface area contributed by atoms with Gasteiger partial charge in [-0.05, 0) is 18.6 Å². The Labute approximate surface area is 475 Å². The summed E-state index contributed by atoms with van der Waals surface area (Å²) in [5.41, 5.74) is 4.97. The van der Waals surface area contributed by atoms with E-state index in [9.17, 15) is 0 Å². The Morgan fingerprint density at radius 2 is 1.44 bits per heavy atom. The molecule has 3 atom stereocenters. The van der Waals surface area contributed by atoms with E-state index in [1.54, 1.807) is 0 Å². The summed E-state index contributed by atoms with van der Waals surface area (Å²) < 4.78 is 7.88. The first kappa shape index (κ1) is 61.4. The van der Waals surface area contributed by atoms with Gasteiger partial charge in [0.25, 0.3) is 0 Å². The molecule has 1 aliphatic rings. The fourth-order valence-corrected chi connectivity index (χ4v) is 3.16. The molecule has 143 valence electrons. The molecule has 32 heavy (non-hydrogen) atoms. The summed E-state index contributed by atoms with van der Waals surface area (Å²) in [5, 5.41) is 0. The van der Waals surface area contributed by atoms with Gasteiger partial charge >= 0.3 is 0 Å². The van der Waals surface area contributed by atoms with Crippen LogP contribution in [-0.2, 0) is 360 Å². The van der Waals surface area contributed by atoms with Gasteiger partial charge in [-0.15, -0.1) is 12.1 Å². The number of nitrogens with zero attached hydrogens (tertiary/aromatic N) is 1. The second-order valence-electron chi connectivity index (χ2n) is 6.01. The van der Waals surface area contributed by atoms with E-state index in [0.717, 1.165) is 0 Å². The quantitative estimate of drug-likeness (QED) is 0.372. The van der Waals surface area contributed by atoms with Crippen LogP contribution in [0.2, 0.25) is 0 Å². The number of fused-ring (bicyclic) bond motifs is 1. The third-order valence-electron chi connectivity index (χ3n) is 4.83. The Bertz CT molecular complexity index is 709. The largest absolute Gasteiger partial charge is 0.361 e. The van der Waals surface area contributed by atoms with Crippen LogP contribution in [0.5, 0.6) is 0 Å². The summed E-state index contributed by atoms with van der Waals surface area (Å²) in [4.78, 5) is 2.40. The van der Waals surface area contributed by atoms with Crippen molar-refractivity contribution < 1.29 is 361 Å². The molecular formula is C20H23NY11-2. The average molecular weight is 1260 g/mol. The SMILES string of the molecule is [3H]c1ccc2c(c1)[C@H](C)[C@H](C)N2c1cc[c-]c([C@H](C)[CH-]C)c1.[Y].[Y].[Y].[Y].[Y].[Y].[Y].[Y].[Y].[Y].[Y]. The molecule has 0 unspecified atom stereocenters. The van der Waals surface area contributed by atoms with Gasteiger partial charge < -0.3 is 11.3 Å². The molecule has 1 heterocycles. The van der Waals surface area contributed by atoms with Crippen molar-refractivity contribution in [1.29, 1.82) is 0 Å². The summed E-state index contributed by atoms with van der Waals surface area (Å²) in [6.07, 6.45) is 2.20. The summed E-state index contributed by atoms with van der Waals surface area (Å²) >= 11 is 0. The average Bonchev–Trinajstić information content (AvgIpc) is 2.78. The summed E-state index contributed by atoms with van der Waals surface area (Å²) in [7, 11) is 0. The number of anilines is 2. The zero-order valence-electron chi connectivity index (χ0n) is 20.6. The first-order valence-corrected chi connectivity index (χ1v) is 7.73. The zero-order valence-corrected chi connectivity index (χ0v) is 50.8. The summed E-state index contributed by atoms with van der Waals surface area (Å²) in [6, 6.07) is 16.7. The van der Waals surface area contributed by atoms with Crippen LogP contribution in [0.25, 0.3) is 0 Å². The molecule has 0 bridgehead atoms. The van der Waals surface area contributed by atoms with E-state index >= 15 is 0 Å². The van der Waals surface area contributed by atoms with Crippen molar-refractivity contribution in [3.63, 3.8) is 0 Å². The van der Waals surface area contributed by atoms with Gasteiger partial charge in [0.2, 0.25) is 0 Å². The number of rotatable bonds is 3. The molecule has 0 saturated heterocycles. The Kier molecular flexibility index (Phi) is 68.8. The standard InChI is InChI=1S/C20H23N.11Y/c1-5-14(2)17-9-8-10-18(13-17)21-16(4)15(3)19-11-6-7-12-20(19)21;;;;;;;;;;;/h5-8,10-16H,1-4H3;;;;;;;;;;;/q-2;;;;;;;;;;;/t14-,15-,16+;;;;;;;;;;;/m1.........../s1/i6T;;;;;;;;;;;. The van der Waals surface area contributed by atoms with Gasteiger partial charge in [-0.25, -0.2) is 0 Å². The van der Waals surface area contributed by atoms with E-state index in [1.807, 2.05) is 18.2 Å². The van der Waals surface area contributed by atoms with Gasteiger partial charge in [0, 0.05) is 377 Å². The van der Waals surface area contributed by atoms with Crippen molar-refractivity contribution in [2.24, 2.45) is 0 Å². The maximum absolute atomic E-state index is 7.88. The fraction of sp³-hybridized carbons (Fsp3) is 0.350. The van der Waals surface area contributed by atoms with Crippen LogP contribution in [-0.4, -0.2) is 6.04 Å². The van der Waals surface area contributed by atoms with Crippen molar-refractivity contribution >= 4 is 11.4 Å². The molecule has 0 N–H and O–H groups in total. The van der Waals surface area contributed by atoms with Crippen LogP contribution >= 0.6 is 0 Å². The second kappa shape index (κ2) is 35.9. The molecule has 0 aromatic heterocycles. The van der Waals surface area contributed by atoms with Crippen LogP contribution in [0.1, 0.15) is 52.0 Å². The molecule has 3 rings (SSSR count). The van der Waals surface area contributed by atoms with Crippen molar-refractivity contribution in [1.82, 2.24) is 0 Å². The Morgan fingerprint density at radius 1 is 0.906 bits per heavy atom. The number of hydrogen-bond donors (Lipinski definition) is 0. The van der Waals surface area contributed by atoms with Gasteiger partial charge in [-0.1, -0.05) is 37.7 Å². The molecule has 0 fully saturated rings. The van der Waals surface area contributed by atoms with Gasteiger partial charge in [0.15, 0.2) is 0 Å². The van der Waals surface area contributed by atoms with E-state index in [0.29, 0.717) is 23.9 Å². The smallest absolute Gasteiger partial charge is 0.0623 e. The molecule has 12 heteroatoms. The van der Waals surface area contributed by atoms with Crippen LogP contribution in [0.3, 0.4) is 0 Å². The minimum absolute atomic E-state index is 0. The maximum Gasteiger partial charge on any atom is 0.0623 e. The summed E-state index contributed by atoms with van der Waals surface area (Å²) in [6.45, 7) is 8.81. The van der Waals surface area contributed by atoms with Gasteiger partial charge in [-0.2, -0.15) is 30.5 Å². The zero-order chi connectivity index (χ0) is 15.9. The van der Waals surface area contributed by atoms with Gasteiger partial charge in [0.1, 0.15) is 0 Å². The molecule has 11 radical (unpaired) electrons.